The quantitative estimate of drug-likeness (QED) is 0.692. The van der Waals surface area contributed by atoms with Crippen molar-refractivity contribution in [1.82, 2.24) is 4.90 Å². The van der Waals surface area contributed by atoms with Gasteiger partial charge in [0.2, 0.25) is 0 Å². The number of alkyl halides is 1. The second-order valence-corrected chi connectivity index (χ2v) is 6.87. The summed E-state index contributed by atoms with van der Waals surface area (Å²) < 4.78 is 0. The van der Waals surface area contributed by atoms with Gasteiger partial charge in [-0.05, 0) is 25.0 Å². The maximum absolute atomic E-state index is 12.6. The van der Waals surface area contributed by atoms with Crippen LogP contribution in [0.15, 0.2) is 18.2 Å². The second kappa shape index (κ2) is 6.47. The molecule has 0 radical (unpaired) electrons. The molecule has 1 amide bonds. The first kappa shape index (κ1) is 15.1. The number of nitrogens with zero attached hydrogens (tertiary/aromatic N) is 1. The van der Waals surface area contributed by atoms with Gasteiger partial charge in [-0.1, -0.05) is 58.0 Å². The number of hydrogen-bond acceptors (Lipinski definition) is 1. The van der Waals surface area contributed by atoms with Crippen molar-refractivity contribution in [3.63, 3.8) is 0 Å². The largest absolute Gasteiger partial charge is 0.338 e. The molecule has 1 saturated carbocycles. The summed E-state index contributed by atoms with van der Waals surface area (Å²) in [6.07, 6.45) is 4.47. The molecule has 2 atom stereocenters. The van der Waals surface area contributed by atoms with Crippen molar-refractivity contribution in [2.75, 3.05) is 7.05 Å². The summed E-state index contributed by atoms with van der Waals surface area (Å²) in [6.45, 7) is 0. The first-order valence-corrected chi connectivity index (χ1v) is 8.04. The van der Waals surface area contributed by atoms with E-state index in [4.69, 9.17) is 23.2 Å². The lowest BCUT2D eigenvalue weighted by Gasteiger charge is -2.35. The van der Waals surface area contributed by atoms with Gasteiger partial charge in [-0.3, -0.25) is 4.79 Å². The number of carbonyl (C=O) groups is 1. The van der Waals surface area contributed by atoms with Crippen molar-refractivity contribution >= 4 is 45.0 Å². The molecule has 1 aromatic carbocycles. The van der Waals surface area contributed by atoms with Crippen molar-refractivity contribution in [2.45, 2.75) is 36.6 Å². The minimum atomic E-state index is -0.105. The average Bonchev–Trinajstić information content (AvgIpc) is 2.38. The zero-order chi connectivity index (χ0) is 14.0. The lowest BCUT2D eigenvalue weighted by atomic mass is 9.94. The second-order valence-electron chi connectivity index (χ2n) is 4.88. The zero-order valence-corrected chi connectivity index (χ0v) is 13.8. The van der Waals surface area contributed by atoms with Gasteiger partial charge < -0.3 is 4.90 Å². The average molecular weight is 365 g/mol. The van der Waals surface area contributed by atoms with Crippen LogP contribution in [-0.2, 0) is 0 Å². The minimum absolute atomic E-state index is 0.105. The number of amides is 1. The standard InChI is InChI=1S/C14H16BrCl2NO/c1-18(12-8-3-2-5-9(12)15)14(19)13-10(16)6-4-7-11(13)17/h4,6-7,9,12H,2-3,5,8H2,1H3. The van der Waals surface area contributed by atoms with E-state index < -0.39 is 0 Å². The highest BCUT2D eigenvalue weighted by Crippen LogP contribution is 2.31. The smallest absolute Gasteiger partial charge is 0.256 e. The van der Waals surface area contributed by atoms with Crippen molar-refractivity contribution in [2.24, 2.45) is 0 Å². The van der Waals surface area contributed by atoms with Crippen LogP contribution in [0.2, 0.25) is 10.0 Å². The van der Waals surface area contributed by atoms with Crippen molar-refractivity contribution < 1.29 is 4.79 Å². The summed E-state index contributed by atoms with van der Waals surface area (Å²) >= 11 is 15.9. The van der Waals surface area contributed by atoms with E-state index in [2.05, 4.69) is 15.9 Å². The maximum atomic E-state index is 12.6. The van der Waals surface area contributed by atoms with E-state index in [-0.39, 0.29) is 11.9 Å². The van der Waals surface area contributed by atoms with Crippen molar-refractivity contribution in [3.05, 3.63) is 33.8 Å². The van der Waals surface area contributed by atoms with E-state index in [0.29, 0.717) is 20.4 Å². The van der Waals surface area contributed by atoms with Crippen LogP contribution < -0.4 is 0 Å². The maximum Gasteiger partial charge on any atom is 0.256 e. The predicted octanol–water partition coefficient (Wildman–Crippen LogP) is 4.77. The Bertz CT molecular complexity index is 460. The number of halogens is 3. The Labute approximate surface area is 132 Å². The van der Waals surface area contributed by atoms with Crippen molar-refractivity contribution in [1.29, 1.82) is 0 Å². The Morgan fingerprint density at radius 2 is 1.84 bits per heavy atom. The highest BCUT2D eigenvalue weighted by molar-refractivity contribution is 9.09. The van der Waals surface area contributed by atoms with Gasteiger partial charge >= 0.3 is 0 Å². The van der Waals surface area contributed by atoms with Gasteiger partial charge in [0.05, 0.1) is 15.6 Å². The van der Waals surface area contributed by atoms with Gasteiger partial charge in [0.1, 0.15) is 0 Å². The van der Waals surface area contributed by atoms with E-state index in [1.54, 1.807) is 23.1 Å². The fourth-order valence-corrected chi connectivity index (χ4v) is 4.03. The van der Waals surface area contributed by atoms with Crippen LogP contribution in [0.25, 0.3) is 0 Å². The van der Waals surface area contributed by atoms with Gasteiger partial charge in [-0.25, -0.2) is 0 Å². The molecule has 0 spiro atoms. The highest BCUT2D eigenvalue weighted by Gasteiger charge is 2.30. The molecule has 0 saturated heterocycles. The Morgan fingerprint density at radius 3 is 2.42 bits per heavy atom. The highest BCUT2D eigenvalue weighted by atomic mass is 79.9. The topological polar surface area (TPSA) is 20.3 Å². The molecule has 1 aliphatic carbocycles. The summed E-state index contributed by atoms with van der Waals surface area (Å²) in [4.78, 5) is 14.7. The molecule has 0 bridgehead atoms. The third-order valence-electron chi connectivity index (χ3n) is 3.64. The van der Waals surface area contributed by atoms with E-state index >= 15 is 0 Å². The van der Waals surface area contributed by atoms with Crippen molar-refractivity contribution in [3.8, 4) is 0 Å². The zero-order valence-electron chi connectivity index (χ0n) is 10.7. The minimum Gasteiger partial charge on any atom is -0.338 e. The number of hydrogen-bond donors (Lipinski definition) is 0. The summed E-state index contributed by atoms with van der Waals surface area (Å²) in [5, 5.41) is 0.817. The molecular formula is C14H16BrCl2NO. The van der Waals surface area contributed by atoms with Crippen LogP contribution >= 0.6 is 39.1 Å². The van der Waals surface area contributed by atoms with Gasteiger partial charge in [0.25, 0.3) is 5.91 Å². The third kappa shape index (κ3) is 3.26. The Balaban J connectivity index is 2.23. The van der Waals surface area contributed by atoms with E-state index in [1.165, 1.54) is 6.42 Å². The summed E-state index contributed by atoms with van der Waals surface area (Å²) in [5.74, 6) is -0.105. The summed E-state index contributed by atoms with van der Waals surface area (Å²) in [7, 11) is 1.83. The molecule has 1 fully saturated rings. The van der Waals surface area contributed by atoms with E-state index in [1.807, 2.05) is 7.05 Å². The Hall–Kier alpha value is -0.250. The molecule has 5 heteroatoms. The molecule has 0 aliphatic heterocycles. The van der Waals surface area contributed by atoms with Crippen LogP contribution in [0.4, 0.5) is 0 Å². The van der Waals surface area contributed by atoms with Crippen LogP contribution in [0.5, 0.6) is 0 Å². The van der Waals surface area contributed by atoms with Gasteiger partial charge in [0.15, 0.2) is 0 Å². The fraction of sp³-hybridized carbons (Fsp3) is 0.500. The molecule has 104 valence electrons. The van der Waals surface area contributed by atoms with Gasteiger partial charge in [0, 0.05) is 17.9 Å². The summed E-state index contributed by atoms with van der Waals surface area (Å²) in [5.41, 5.74) is 0.401. The van der Waals surface area contributed by atoms with Crippen LogP contribution in [0.3, 0.4) is 0 Å². The lowest BCUT2D eigenvalue weighted by Crippen LogP contribution is -2.44. The summed E-state index contributed by atoms with van der Waals surface area (Å²) in [6, 6.07) is 5.34. The molecule has 1 aromatic rings. The van der Waals surface area contributed by atoms with E-state index in [0.717, 1.165) is 19.3 Å². The first-order valence-electron chi connectivity index (χ1n) is 6.37. The molecule has 0 heterocycles. The van der Waals surface area contributed by atoms with Crippen LogP contribution in [-0.4, -0.2) is 28.7 Å². The number of rotatable bonds is 2. The SMILES string of the molecule is CN(C(=O)c1c(Cl)cccc1Cl)C1CCCCC1Br. The Morgan fingerprint density at radius 1 is 1.26 bits per heavy atom. The molecule has 0 aromatic heterocycles. The van der Waals surface area contributed by atoms with Gasteiger partial charge in [-0.2, -0.15) is 0 Å². The van der Waals surface area contributed by atoms with Crippen LogP contribution in [0.1, 0.15) is 36.0 Å². The predicted molar refractivity (Wildman–Crippen MR) is 83.5 cm³/mol. The normalized spacial score (nSPS) is 23.2. The fourth-order valence-electron chi connectivity index (χ4n) is 2.53. The molecule has 2 rings (SSSR count). The number of benzene rings is 1. The number of carbonyl (C=O) groups excluding carboxylic acids is 1. The molecule has 2 unspecified atom stereocenters. The third-order valence-corrected chi connectivity index (χ3v) is 5.34. The molecule has 2 nitrogen and oxygen atoms in total. The monoisotopic (exact) mass is 363 g/mol. The molecule has 0 N–H and O–H groups in total. The van der Waals surface area contributed by atoms with Gasteiger partial charge in [-0.15, -0.1) is 0 Å². The molecular weight excluding hydrogens is 349 g/mol. The molecule has 1 aliphatic rings. The van der Waals surface area contributed by atoms with E-state index in [9.17, 15) is 4.79 Å². The first-order chi connectivity index (χ1) is 9.02. The lowest BCUT2D eigenvalue weighted by molar-refractivity contribution is 0.0705. The Kier molecular flexibility index (Phi) is 5.15. The molecule has 19 heavy (non-hydrogen) atoms. The van der Waals surface area contributed by atoms with Crippen LogP contribution in [0, 0.1) is 0 Å².